The van der Waals surface area contributed by atoms with Gasteiger partial charge in [-0.2, -0.15) is 0 Å². The van der Waals surface area contributed by atoms with Gasteiger partial charge in [-0.1, -0.05) is 13.3 Å². The number of carboxylic acids is 1. The molecule has 0 saturated heterocycles. The van der Waals surface area contributed by atoms with Gasteiger partial charge in [0, 0.05) is 14.6 Å². The fraction of sp³-hybridized carbons (Fsp3) is 0.533. The number of aromatic carboxylic acids is 1. The summed E-state index contributed by atoms with van der Waals surface area (Å²) in [5.41, 5.74) is 0.354. The molecule has 0 radical (unpaired) electrons. The quantitative estimate of drug-likeness (QED) is 0.816. The van der Waals surface area contributed by atoms with Crippen LogP contribution in [0.5, 0.6) is 0 Å². The Morgan fingerprint density at radius 2 is 2.05 bits per heavy atom. The predicted octanol–water partition coefficient (Wildman–Crippen LogP) is 5.21. The van der Waals surface area contributed by atoms with Crippen LogP contribution < -0.4 is 0 Å². The molecule has 0 heterocycles. The van der Waals surface area contributed by atoms with Crippen LogP contribution in [0.4, 0.5) is 0 Å². The largest absolute Gasteiger partial charge is 0.478 e. The van der Waals surface area contributed by atoms with Crippen molar-refractivity contribution >= 4 is 33.7 Å². The molecule has 0 unspecified atom stereocenters. The average molecular weight is 343 g/mol. The van der Waals surface area contributed by atoms with Gasteiger partial charge in [-0.05, 0) is 65.7 Å². The first-order chi connectivity index (χ1) is 9.10. The standard InChI is InChI=1S/C15H19BrO2S/c1-2-10-3-5-11(6-4-10)19-12-7-8-14(16)13(9-12)15(17)18/h7-11H,2-6H2,1H3,(H,17,18). The van der Waals surface area contributed by atoms with Crippen molar-refractivity contribution in [1.29, 1.82) is 0 Å². The molecule has 4 heteroatoms. The van der Waals surface area contributed by atoms with Crippen molar-refractivity contribution in [2.45, 2.75) is 49.2 Å². The van der Waals surface area contributed by atoms with Gasteiger partial charge in [0.05, 0.1) is 5.56 Å². The molecule has 0 spiro atoms. The smallest absolute Gasteiger partial charge is 0.336 e. The fourth-order valence-electron chi connectivity index (χ4n) is 2.59. The molecule has 1 aliphatic carbocycles. The van der Waals surface area contributed by atoms with Crippen LogP contribution in [0.25, 0.3) is 0 Å². The molecule has 2 nitrogen and oxygen atoms in total. The Balaban J connectivity index is 2.00. The number of thioether (sulfide) groups is 1. The highest BCUT2D eigenvalue weighted by Gasteiger charge is 2.21. The summed E-state index contributed by atoms with van der Waals surface area (Å²) in [6.07, 6.45) is 6.43. The zero-order valence-electron chi connectivity index (χ0n) is 11.1. The Labute approximate surface area is 127 Å². The molecule has 1 aliphatic rings. The van der Waals surface area contributed by atoms with E-state index in [-0.39, 0.29) is 0 Å². The lowest BCUT2D eigenvalue weighted by atomic mass is 9.87. The van der Waals surface area contributed by atoms with Gasteiger partial charge in [0.2, 0.25) is 0 Å². The molecule has 19 heavy (non-hydrogen) atoms. The summed E-state index contributed by atoms with van der Waals surface area (Å²) in [6.45, 7) is 2.27. The predicted molar refractivity (Wildman–Crippen MR) is 83.0 cm³/mol. The lowest BCUT2D eigenvalue weighted by Gasteiger charge is -2.27. The van der Waals surface area contributed by atoms with Gasteiger partial charge >= 0.3 is 5.97 Å². The van der Waals surface area contributed by atoms with Crippen LogP contribution in [0.2, 0.25) is 0 Å². The van der Waals surface area contributed by atoms with Gasteiger partial charge in [-0.25, -0.2) is 4.79 Å². The lowest BCUT2D eigenvalue weighted by molar-refractivity contribution is 0.0695. The maximum Gasteiger partial charge on any atom is 0.336 e. The first-order valence-electron chi connectivity index (χ1n) is 6.79. The Kier molecular flexibility index (Phi) is 5.34. The molecule has 0 aliphatic heterocycles. The second-order valence-corrected chi connectivity index (χ2v) is 7.34. The number of hydrogen-bond acceptors (Lipinski definition) is 2. The van der Waals surface area contributed by atoms with E-state index in [0.717, 1.165) is 10.8 Å². The molecule has 2 rings (SSSR count). The molecule has 104 valence electrons. The minimum Gasteiger partial charge on any atom is -0.478 e. The first kappa shape index (κ1) is 14.9. The second-order valence-electron chi connectivity index (χ2n) is 5.12. The number of halogens is 1. The van der Waals surface area contributed by atoms with E-state index in [1.807, 2.05) is 23.9 Å². The third-order valence-electron chi connectivity index (χ3n) is 3.84. The van der Waals surface area contributed by atoms with Crippen LogP contribution >= 0.6 is 27.7 Å². The van der Waals surface area contributed by atoms with Crippen LogP contribution in [-0.2, 0) is 0 Å². The highest BCUT2D eigenvalue weighted by molar-refractivity contribution is 9.10. The van der Waals surface area contributed by atoms with Gasteiger partial charge in [-0.15, -0.1) is 11.8 Å². The highest BCUT2D eigenvalue weighted by Crippen LogP contribution is 2.37. The molecular weight excluding hydrogens is 324 g/mol. The lowest BCUT2D eigenvalue weighted by Crippen LogP contribution is -2.15. The van der Waals surface area contributed by atoms with Crippen LogP contribution in [-0.4, -0.2) is 16.3 Å². The van der Waals surface area contributed by atoms with E-state index in [4.69, 9.17) is 5.11 Å². The van der Waals surface area contributed by atoms with Gasteiger partial charge in [0.25, 0.3) is 0 Å². The summed E-state index contributed by atoms with van der Waals surface area (Å²) in [7, 11) is 0. The summed E-state index contributed by atoms with van der Waals surface area (Å²) in [5, 5.41) is 9.77. The van der Waals surface area contributed by atoms with Crippen molar-refractivity contribution in [3.63, 3.8) is 0 Å². The summed E-state index contributed by atoms with van der Waals surface area (Å²) < 4.78 is 0.652. The van der Waals surface area contributed by atoms with Crippen LogP contribution in [0, 0.1) is 5.92 Å². The molecule has 1 N–H and O–H groups in total. The third kappa shape index (κ3) is 3.99. The normalized spacial score (nSPS) is 23.3. The van der Waals surface area contributed by atoms with Crippen LogP contribution in [0.3, 0.4) is 0 Å². The van der Waals surface area contributed by atoms with Crippen LogP contribution in [0.1, 0.15) is 49.4 Å². The van der Waals surface area contributed by atoms with E-state index in [2.05, 4.69) is 22.9 Å². The van der Waals surface area contributed by atoms with E-state index >= 15 is 0 Å². The molecule has 1 aromatic carbocycles. The first-order valence-corrected chi connectivity index (χ1v) is 8.47. The van der Waals surface area contributed by atoms with Crippen molar-refractivity contribution < 1.29 is 9.90 Å². The van der Waals surface area contributed by atoms with E-state index in [1.165, 1.54) is 32.1 Å². The molecule has 1 fully saturated rings. The van der Waals surface area contributed by atoms with Crippen molar-refractivity contribution in [2.75, 3.05) is 0 Å². The SMILES string of the molecule is CCC1CCC(Sc2ccc(Br)c(C(=O)O)c2)CC1. The zero-order chi connectivity index (χ0) is 13.8. The summed E-state index contributed by atoms with van der Waals surface area (Å²) >= 11 is 5.12. The number of carboxylic acid groups (broad SMARTS) is 1. The number of benzene rings is 1. The minimum atomic E-state index is -0.871. The van der Waals surface area contributed by atoms with E-state index in [9.17, 15) is 4.79 Å². The zero-order valence-corrected chi connectivity index (χ0v) is 13.5. The van der Waals surface area contributed by atoms with E-state index in [0.29, 0.717) is 15.3 Å². The van der Waals surface area contributed by atoms with Gasteiger partial charge in [0.15, 0.2) is 0 Å². The molecule has 0 amide bonds. The van der Waals surface area contributed by atoms with Gasteiger partial charge in [-0.3, -0.25) is 0 Å². The molecule has 0 bridgehead atoms. The molecule has 0 aromatic heterocycles. The number of hydrogen-bond donors (Lipinski definition) is 1. The number of rotatable bonds is 4. The van der Waals surface area contributed by atoms with Crippen LogP contribution in [0.15, 0.2) is 27.6 Å². The van der Waals surface area contributed by atoms with Crippen molar-refractivity contribution in [2.24, 2.45) is 5.92 Å². The monoisotopic (exact) mass is 342 g/mol. The molecule has 1 aromatic rings. The van der Waals surface area contributed by atoms with Crippen molar-refractivity contribution in [3.8, 4) is 0 Å². The number of carbonyl (C=O) groups is 1. The Hall–Kier alpha value is -0.480. The van der Waals surface area contributed by atoms with Crippen molar-refractivity contribution in [1.82, 2.24) is 0 Å². The van der Waals surface area contributed by atoms with E-state index < -0.39 is 5.97 Å². The topological polar surface area (TPSA) is 37.3 Å². The summed E-state index contributed by atoms with van der Waals surface area (Å²) in [5.74, 6) is 0.0281. The highest BCUT2D eigenvalue weighted by atomic mass is 79.9. The van der Waals surface area contributed by atoms with Crippen molar-refractivity contribution in [3.05, 3.63) is 28.2 Å². The third-order valence-corrected chi connectivity index (χ3v) is 5.86. The maximum absolute atomic E-state index is 11.1. The van der Waals surface area contributed by atoms with Gasteiger partial charge in [0.1, 0.15) is 0 Å². The molecule has 0 atom stereocenters. The summed E-state index contributed by atoms with van der Waals surface area (Å²) in [6, 6.07) is 5.62. The second kappa shape index (κ2) is 6.80. The Morgan fingerprint density at radius 1 is 1.37 bits per heavy atom. The molecular formula is C15H19BrO2S. The van der Waals surface area contributed by atoms with Gasteiger partial charge < -0.3 is 5.11 Å². The van der Waals surface area contributed by atoms with E-state index in [1.54, 1.807) is 6.07 Å². The maximum atomic E-state index is 11.1. The molecule has 1 saturated carbocycles. The Bertz CT molecular complexity index is 453. The minimum absolute atomic E-state index is 0.354. The average Bonchev–Trinajstić information content (AvgIpc) is 2.41. The Morgan fingerprint density at radius 3 is 2.63 bits per heavy atom. The fourth-order valence-corrected chi connectivity index (χ4v) is 4.23. The summed E-state index contributed by atoms with van der Waals surface area (Å²) in [4.78, 5) is 12.2.